The normalized spacial score (nSPS) is 18.2. The van der Waals surface area contributed by atoms with E-state index >= 15 is 0 Å². The Morgan fingerprint density at radius 1 is 1.29 bits per heavy atom. The number of ketones is 1. The molecule has 0 aromatic heterocycles. The number of hydrogen-bond acceptors (Lipinski definition) is 4. The smallest absolute Gasteiger partial charge is 0.176 e. The first-order valence-corrected chi connectivity index (χ1v) is 5.88. The molecule has 2 rings (SSSR count). The highest BCUT2D eigenvalue weighted by atomic mass is 16.3. The molecule has 4 heteroatoms. The fraction of sp³-hybridized carbons (Fsp3) is 0.462. The third kappa shape index (κ3) is 3.28. The summed E-state index contributed by atoms with van der Waals surface area (Å²) in [6, 6.07) is 6.55. The van der Waals surface area contributed by atoms with Crippen molar-refractivity contribution in [3.05, 3.63) is 29.8 Å². The van der Waals surface area contributed by atoms with Crippen LogP contribution in [0.25, 0.3) is 0 Å². The van der Waals surface area contributed by atoms with Crippen molar-refractivity contribution in [2.45, 2.75) is 0 Å². The molecule has 0 atom stereocenters. The van der Waals surface area contributed by atoms with Crippen molar-refractivity contribution in [2.24, 2.45) is 0 Å². The lowest BCUT2D eigenvalue weighted by atomic mass is 10.1. The number of benzene rings is 1. The van der Waals surface area contributed by atoms with Gasteiger partial charge >= 0.3 is 0 Å². The quantitative estimate of drug-likeness (QED) is 0.786. The van der Waals surface area contributed by atoms with E-state index in [1.54, 1.807) is 18.2 Å². The Balaban J connectivity index is 1.93. The highest BCUT2D eigenvalue weighted by Gasteiger charge is 2.17. The zero-order valence-electron chi connectivity index (χ0n) is 10.1. The Hall–Kier alpha value is -1.39. The predicted molar refractivity (Wildman–Crippen MR) is 66.4 cm³/mol. The number of likely N-dealkylation sites (N-methyl/N-ethyl adjacent to an activating group) is 1. The summed E-state index contributed by atoms with van der Waals surface area (Å²) in [6.07, 6.45) is 0. The van der Waals surface area contributed by atoms with Gasteiger partial charge in [-0.3, -0.25) is 9.69 Å². The molecule has 1 aliphatic heterocycles. The van der Waals surface area contributed by atoms with E-state index < -0.39 is 0 Å². The van der Waals surface area contributed by atoms with Crippen molar-refractivity contribution >= 4 is 5.78 Å². The van der Waals surface area contributed by atoms with Crippen molar-refractivity contribution in [3.63, 3.8) is 0 Å². The van der Waals surface area contributed by atoms with Crippen molar-refractivity contribution in [3.8, 4) is 5.75 Å². The molecule has 1 N–H and O–H groups in total. The Morgan fingerprint density at radius 3 is 2.65 bits per heavy atom. The lowest BCUT2D eigenvalue weighted by Gasteiger charge is -2.31. The number of carbonyl (C=O) groups is 1. The molecule has 1 aliphatic rings. The first-order chi connectivity index (χ1) is 8.15. The fourth-order valence-electron chi connectivity index (χ4n) is 1.98. The Morgan fingerprint density at radius 2 is 2.00 bits per heavy atom. The van der Waals surface area contributed by atoms with Gasteiger partial charge in [-0.1, -0.05) is 12.1 Å². The average molecular weight is 234 g/mol. The second kappa shape index (κ2) is 5.29. The molecule has 1 aromatic carbocycles. The highest BCUT2D eigenvalue weighted by molar-refractivity contribution is 5.97. The van der Waals surface area contributed by atoms with Gasteiger partial charge in [0, 0.05) is 31.7 Å². The summed E-state index contributed by atoms with van der Waals surface area (Å²) in [4.78, 5) is 16.4. The van der Waals surface area contributed by atoms with E-state index in [-0.39, 0.29) is 11.5 Å². The summed E-state index contributed by atoms with van der Waals surface area (Å²) in [5, 5.41) is 9.33. The summed E-state index contributed by atoms with van der Waals surface area (Å²) < 4.78 is 0. The molecule has 0 unspecified atom stereocenters. The van der Waals surface area contributed by atoms with Gasteiger partial charge in [0.2, 0.25) is 0 Å². The summed E-state index contributed by atoms with van der Waals surface area (Å²) in [5.74, 6) is 0.222. The molecule has 1 saturated heterocycles. The monoisotopic (exact) mass is 234 g/mol. The maximum absolute atomic E-state index is 12.0. The van der Waals surface area contributed by atoms with Crippen LogP contribution in [0.15, 0.2) is 24.3 Å². The number of rotatable bonds is 3. The second-order valence-corrected chi connectivity index (χ2v) is 4.55. The molecule has 4 nitrogen and oxygen atoms in total. The van der Waals surface area contributed by atoms with E-state index in [9.17, 15) is 9.90 Å². The minimum Gasteiger partial charge on any atom is -0.508 e. The van der Waals surface area contributed by atoms with Gasteiger partial charge in [-0.2, -0.15) is 0 Å². The molecule has 0 amide bonds. The van der Waals surface area contributed by atoms with Crippen molar-refractivity contribution in [1.82, 2.24) is 9.80 Å². The van der Waals surface area contributed by atoms with E-state index in [1.165, 1.54) is 6.07 Å². The number of phenolic OH excluding ortho intramolecular Hbond substituents is 1. The van der Waals surface area contributed by atoms with E-state index in [1.807, 2.05) is 0 Å². The van der Waals surface area contributed by atoms with Gasteiger partial charge in [0.15, 0.2) is 5.78 Å². The van der Waals surface area contributed by atoms with E-state index in [0.717, 1.165) is 26.2 Å². The Labute approximate surface area is 101 Å². The molecule has 17 heavy (non-hydrogen) atoms. The van der Waals surface area contributed by atoms with Crippen LogP contribution in [0.4, 0.5) is 0 Å². The van der Waals surface area contributed by atoms with Gasteiger partial charge in [-0.15, -0.1) is 0 Å². The molecule has 1 aromatic rings. The molecule has 1 heterocycles. The standard InChI is InChI=1S/C13H18N2O2/c1-14-5-7-15(8-6-14)10-13(17)11-3-2-4-12(16)9-11/h2-4,9,16H,5-8,10H2,1H3. The lowest BCUT2D eigenvalue weighted by Crippen LogP contribution is -2.46. The average Bonchev–Trinajstić information content (AvgIpc) is 2.32. The van der Waals surface area contributed by atoms with Crippen LogP contribution in [0, 0.1) is 0 Å². The molecular weight excluding hydrogens is 216 g/mol. The molecule has 1 fully saturated rings. The minimum absolute atomic E-state index is 0.0745. The largest absolute Gasteiger partial charge is 0.508 e. The van der Waals surface area contributed by atoms with E-state index in [0.29, 0.717) is 12.1 Å². The summed E-state index contributed by atoms with van der Waals surface area (Å²) in [5.41, 5.74) is 0.587. The van der Waals surface area contributed by atoms with Crippen molar-refractivity contribution < 1.29 is 9.90 Å². The number of phenols is 1. The Bertz CT molecular complexity index is 398. The van der Waals surface area contributed by atoms with E-state index in [2.05, 4.69) is 16.8 Å². The maximum atomic E-state index is 12.0. The number of Topliss-reactive ketones (excluding diaryl/α,β-unsaturated/α-hetero) is 1. The summed E-state index contributed by atoms with van der Waals surface area (Å²) in [6.45, 7) is 4.32. The van der Waals surface area contributed by atoms with Gasteiger partial charge in [0.05, 0.1) is 6.54 Å². The van der Waals surface area contributed by atoms with Crippen molar-refractivity contribution in [2.75, 3.05) is 39.8 Å². The van der Waals surface area contributed by atoms with Gasteiger partial charge in [0.1, 0.15) is 5.75 Å². The highest BCUT2D eigenvalue weighted by Crippen LogP contribution is 2.12. The molecule has 0 radical (unpaired) electrons. The SMILES string of the molecule is CN1CCN(CC(=O)c2cccc(O)c2)CC1. The summed E-state index contributed by atoms with van der Waals surface area (Å²) in [7, 11) is 2.09. The van der Waals surface area contributed by atoms with E-state index in [4.69, 9.17) is 0 Å². The van der Waals surface area contributed by atoms with Crippen LogP contribution in [-0.2, 0) is 0 Å². The first-order valence-electron chi connectivity index (χ1n) is 5.88. The van der Waals surface area contributed by atoms with Crippen LogP contribution in [0.1, 0.15) is 10.4 Å². The lowest BCUT2D eigenvalue weighted by molar-refractivity contribution is 0.0876. The predicted octanol–water partition coefficient (Wildman–Crippen LogP) is 0.822. The van der Waals surface area contributed by atoms with Crippen LogP contribution < -0.4 is 0 Å². The zero-order valence-corrected chi connectivity index (χ0v) is 10.1. The number of hydrogen-bond donors (Lipinski definition) is 1. The van der Waals surface area contributed by atoms with Crippen LogP contribution in [0.2, 0.25) is 0 Å². The first kappa shape index (κ1) is 12.1. The minimum atomic E-state index is 0.0745. The molecule has 0 aliphatic carbocycles. The Kier molecular flexibility index (Phi) is 3.76. The van der Waals surface area contributed by atoms with Gasteiger partial charge < -0.3 is 10.0 Å². The molecule has 0 saturated carbocycles. The van der Waals surface area contributed by atoms with Gasteiger partial charge in [-0.05, 0) is 19.2 Å². The maximum Gasteiger partial charge on any atom is 0.176 e. The molecule has 0 bridgehead atoms. The van der Waals surface area contributed by atoms with Crippen LogP contribution in [0.5, 0.6) is 5.75 Å². The number of carbonyl (C=O) groups excluding carboxylic acids is 1. The number of nitrogens with zero attached hydrogens (tertiary/aromatic N) is 2. The van der Waals surface area contributed by atoms with Crippen molar-refractivity contribution in [1.29, 1.82) is 0 Å². The third-order valence-electron chi connectivity index (χ3n) is 3.13. The number of piperazine rings is 1. The fourth-order valence-corrected chi connectivity index (χ4v) is 1.98. The topological polar surface area (TPSA) is 43.8 Å². The molecular formula is C13H18N2O2. The summed E-state index contributed by atoms with van der Waals surface area (Å²) >= 11 is 0. The van der Waals surface area contributed by atoms with Crippen LogP contribution >= 0.6 is 0 Å². The third-order valence-corrected chi connectivity index (χ3v) is 3.13. The zero-order chi connectivity index (χ0) is 12.3. The molecule has 0 spiro atoms. The van der Waals surface area contributed by atoms with Crippen LogP contribution in [0.3, 0.4) is 0 Å². The number of aromatic hydroxyl groups is 1. The van der Waals surface area contributed by atoms with Crippen LogP contribution in [-0.4, -0.2) is 60.5 Å². The second-order valence-electron chi connectivity index (χ2n) is 4.55. The van der Waals surface area contributed by atoms with Gasteiger partial charge in [0.25, 0.3) is 0 Å². The van der Waals surface area contributed by atoms with Gasteiger partial charge in [-0.25, -0.2) is 0 Å². The molecule has 92 valence electrons.